The number of guanidine groups is 1. The molecule has 2 rings (SSSR count). The summed E-state index contributed by atoms with van der Waals surface area (Å²) >= 11 is 1.46. The van der Waals surface area contributed by atoms with Crippen LogP contribution in [0.3, 0.4) is 0 Å². The first-order valence-electron chi connectivity index (χ1n) is 6.93. The van der Waals surface area contributed by atoms with Gasteiger partial charge >= 0.3 is 0 Å². The maximum atomic E-state index is 12.2. The van der Waals surface area contributed by atoms with Crippen molar-refractivity contribution in [1.82, 2.24) is 9.71 Å². The summed E-state index contributed by atoms with van der Waals surface area (Å²) in [4.78, 5) is 10.2. The Labute approximate surface area is 162 Å². The highest BCUT2D eigenvalue weighted by Gasteiger charge is 2.18. The lowest BCUT2D eigenvalue weighted by Crippen LogP contribution is -2.28. The lowest BCUT2D eigenvalue weighted by atomic mass is 10.4. The van der Waals surface area contributed by atoms with Gasteiger partial charge in [0.25, 0.3) is 0 Å². The van der Waals surface area contributed by atoms with Gasteiger partial charge in [-0.25, -0.2) is 18.1 Å². The number of aryl methyl sites for hydroxylation is 2. The van der Waals surface area contributed by atoms with Crippen molar-refractivity contribution in [2.45, 2.75) is 18.7 Å². The van der Waals surface area contributed by atoms with Crippen LogP contribution in [-0.2, 0) is 10.0 Å². The molecular formula is C14H20IN5O2S2. The first kappa shape index (κ1) is 20.8. The van der Waals surface area contributed by atoms with Gasteiger partial charge in [-0.05, 0) is 32.0 Å². The van der Waals surface area contributed by atoms with Crippen LogP contribution < -0.4 is 15.8 Å². The lowest BCUT2D eigenvalue weighted by molar-refractivity contribution is 0.582. The SMILES string of the molecule is Cc1cc(S(=O)(=O)NCCN=C(N)Nc2ccccn2)c(C)s1.I. The largest absolute Gasteiger partial charge is 0.370 e. The quantitative estimate of drug-likeness (QED) is 0.253. The van der Waals surface area contributed by atoms with Crippen LogP contribution in [0, 0.1) is 13.8 Å². The Bertz CT molecular complexity index is 791. The van der Waals surface area contributed by atoms with Crippen molar-refractivity contribution in [2.24, 2.45) is 10.7 Å². The number of hydrogen-bond donors (Lipinski definition) is 3. The fraction of sp³-hybridized carbons (Fsp3) is 0.286. The van der Waals surface area contributed by atoms with Gasteiger partial charge in [-0.1, -0.05) is 6.07 Å². The zero-order valence-corrected chi connectivity index (χ0v) is 17.3. The number of anilines is 1. The van der Waals surface area contributed by atoms with E-state index in [0.29, 0.717) is 10.7 Å². The summed E-state index contributed by atoms with van der Waals surface area (Å²) < 4.78 is 26.9. The predicted molar refractivity (Wildman–Crippen MR) is 109 cm³/mol. The third-order valence-electron chi connectivity index (χ3n) is 2.89. The second kappa shape index (κ2) is 9.30. The number of aliphatic imine (C=N–C) groups is 1. The van der Waals surface area contributed by atoms with Gasteiger partial charge in [0.15, 0.2) is 5.96 Å². The van der Waals surface area contributed by atoms with E-state index in [0.717, 1.165) is 9.75 Å². The molecule has 7 nitrogen and oxygen atoms in total. The van der Waals surface area contributed by atoms with Crippen molar-refractivity contribution in [3.05, 3.63) is 40.2 Å². The molecule has 2 heterocycles. The van der Waals surface area contributed by atoms with Gasteiger partial charge in [-0.15, -0.1) is 35.3 Å². The Morgan fingerprint density at radius 3 is 2.71 bits per heavy atom. The van der Waals surface area contributed by atoms with E-state index in [1.54, 1.807) is 31.3 Å². The maximum absolute atomic E-state index is 12.2. The zero-order chi connectivity index (χ0) is 16.9. The summed E-state index contributed by atoms with van der Waals surface area (Å²) in [5.74, 6) is 0.768. The van der Waals surface area contributed by atoms with Crippen LogP contribution in [-0.4, -0.2) is 32.5 Å². The minimum atomic E-state index is -3.51. The molecular weight excluding hydrogens is 461 g/mol. The number of pyridine rings is 1. The molecule has 0 amide bonds. The van der Waals surface area contributed by atoms with E-state index in [1.807, 2.05) is 13.0 Å². The summed E-state index contributed by atoms with van der Waals surface area (Å²) in [6.07, 6.45) is 1.63. The highest BCUT2D eigenvalue weighted by molar-refractivity contribution is 14.0. The monoisotopic (exact) mass is 481 g/mol. The van der Waals surface area contributed by atoms with Crippen LogP contribution in [0.5, 0.6) is 0 Å². The van der Waals surface area contributed by atoms with Gasteiger partial charge in [0, 0.05) is 22.5 Å². The van der Waals surface area contributed by atoms with E-state index in [1.165, 1.54) is 11.3 Å². The van der Waals surface area contributed by atoms with Gasteiger partial charge in [0.2, 0.25) is 10.0 Å². The lowest BCUT2D eigenvalue weighted by Gasteiger charge is -2.06. The van der Waals surface area contributed by atoms with E-state index < -0.39 is 10.0 Å². The Hall–Kier alpha value is -1.24. The standard InChI is InChI=1S/C14H19N5O2S2.HI/c1-10-9-12(11(2)22-10)23(20,21)18-8-7-17-14(15)19-13-5-3-4-6-16-13;/h3-6,9,18H,7-8H2,1-2H3,(H3,15,16,17,19);1H. The molecule has 0 radical (unpaired) electrons. The van der Waals surface area contributed by atoms with Crippen molar-refractivity contribution in [1.29, 1.82) is 0 Å². The number of halogens is 1. The fourth-order valence-electron chi connectivity index (χ4n) is 1.92. The van der Waals surface area contributed by atoms with Gasteiger partial charge in [-0.3, -0.25) is 4.99 Å². The van der Waals surface area contributed by atoms with Crippen LogP contribution in [0.1, 0.15) is 9.75 Å². The molecule has 10 heteroatoms. The Morgan fingerprint density at radius 1 is 1.38 bits per heavy atom. The molecule has 0 aliphatic heterocycles. The molecule has 0 bridgehead atoms. The molecule has 132 valence electrons. The van der Waals surface area contributed by atoms with Crippen molar-refractivity contribution in [3.8, 4) is 0 Å². The number of rotatable bonds is 6. The first-order chi connectivity index (χ1) is 10.9. The second-order valence-corrected chi connectivity index (χ2v) is 7.98. The van der Waals surface area contributed by atoms with E-state index >= 15 is 0 Å². The van der Waals surface area contributed by atoms with Crippen molar-refractivity contribution >= 4 is 57.1 Å². The van der Waals surface area contributed by atoms with Crippen LogP contribution in [0.25, 0.3) is 0 Å². The highest BCUT2D eigenvalue weighted by atomic mass is 127. The normalized spacial score (nSPS) is 11.8. The molecule has 2 aromatic rings. The summed E-state index contributed by atoms with van der Waals surface area (Å²) in [7, 11) is -3.51. The minimum absolute atomic E-state index is 0. The molecule has 0 aromatic carbocycles. The predicted octanol–water partition coefficient (Wildman–Crippen LogP) is 2.08. The summed E-state index contributed by atoms with van der Waals surface area (Å²) in [6, 6.07) is 7.04. The number of thiophene rings is 1. The average molecular weight is 481 g/mol. The molecule has 0 aliphatic carbocycles. The van der Waals surface area contributed by atoms with Crippen LogP contribution in [0.2, 0.25) is 0 Å². The first-order valence-corrected chi connectivity index (χ1v) is 9.23. The molecule has 0 fully saturated rings. The highest BCUT2D eigenvalue weighted by Crippen LogP contribution is 2.24. The number of aromatic nitrogens is 1. The minimum Gasteiger partial charge on any atom is -0.370 e. The van der Waals surface area contributed by atoms with Crippen molar-refractivity contribution in [3.63, 3.8) is 0 Å². The summed E-state index contributed by atoms with van der Waals surface area (Å²) in [5.41, 5.74) is 5.72. The van der Waals surface area contributed by atoms with Crippen LogP contribution in [0.15, 0.2) is 40.4 Å². The zero-order valence-electron chi connectivity index (χ0n) is 13.3. The van der Waals surface area contributed by atoms with Crippen molar-refractivity contribution < 1.29 is 8.42 Å². The summed E-state index contributed by atoms with van der Waals surface area (Å²) in [5, 5.41) is 2.82. The van der Waals surface area contributed by atoms with Gasteiger partial charge < -0.3 is 11.1 Å². The van der Waals surface area contributed by atoms with E-state index in [2.05, 4.69) is 20.0 Å². The smallest absolute Gasteiger partial charge is 0.241 e. The fourth-order valence-corrected chi connectivity index (χ4v) is 4.49. The van der Waals surface area contributed by atoms with E-state index in [9.17, 15) is 8.42 Å². The number of nitrogens with zero attached hydrogens (tertiary/aromatic N) is 2. The van der Waals surface area contributed by atoms with Crippen LogP contribution in [0.4, 0.5) is 5.82 Å². The molecule has 2 aromatic heterocycles. The second-order valence-electron chi connectivity index (χ2n) is 4.78. The molecule has 0 saturated heterocycles. The molecule has 0 unspecified atom stereocenters. The Morgan fingerprint density at radius 2 is 2.12 bits per heavy atom. The van der Waals surface area contributed by atoms with E-state index in [-0.39, 0.29) is 43.0 Å². The number of nitrogens with one attached hydrogen (secondary N) is 2. The number of nitrogens with two attached hydrogens (primary N) is 1. The molecule has 0 saturated carbocycles. The molecule has 4 N–H and O–H groups in total. The maximum Gasteiger partial charge on any atom is 0.241 e. The number of sulfonamides is 1. The summed E-state index contributed by atoms with van der Waals surface area (Å²) in [6.45, 7) is 4.07. The third-order valence-corrected chi connectivity index (χ3v) is 5.57. The topological polar surface area (TPSA) is 109 Å². The van der Waals surface area contributed by atoms with Crippen molar-refractivity contribution in [2.75, 3.05) is 18.4 Å². The molecule has 0 aliphatic rings. The van der Waals surface area contributed by atoms with Gasteiger partial charge in [0.05, 0.1) is 11.4 Å². The number of hydrogen-bond acceptors (Lipinski definition) is 5. The van der Waals surface area contributed by atoms with E-state index in [4.69, 9.17) is 5.73 Å². The van der Waals surface area contributed by atoms with Gasteiger partial charge in [-0.2, -0.15) is 0 Å². The average Bonchev–Trinajstić information content (AvgIpc) is 2.84. The van der Waals surface area contributed by atoms with Crippen LogP contribution >= 0.6 is 35.3 Å². The third kappa shape index (κ3) is 6.00. The molecule has 0 atom stereocenters. The Balaban J connectivity index is 0.00000288. The van der Waals surface area contributed by atoms with Gasteiger partial charge in [0.1, 0.15) is 5.82 Å². The Kier molecular flexibility index (Phi) is 8.06. The molecule has 0 spiro atoms. The molecule has 24 heavy (non-hydrogen) atoms.